The number of nitrogens with one attached hydrogen (secondary N) is 1. The molecule has 0 aliphatic rings. The number of nitrogens with zero attached hydrogens (tertiary/aromatic N) is 3. The Labute approximate surface area is 206 Å². The third-order valence-corrected chi connectivity index (χ3v) is 6.23. The van der Waals surface area contributed by atoms with Gasteiger partial charge in [-0.25, -0.2) is 0 Å². The van der Waals surface area contributed by atoms with Gasteiger partial charge in [0.15, 0.2) is 16.8 Å². The van der Waals surface area contributed by atoms with Crippen LogP contribution >= 0.6 is 35.0 Å². The van der Waals surface area contributed by atoms with Crippen molar-refractivity contribution >= 4 is 46.7 Å². The van der Waals surface area contributed by atoms with Crippen LogP contribution < -0.4 is 10.1 Å². The number of rotatable bonds is 10. The highest BCUT2D eigenvalue weighted by Gasteiger charge is 2.21. The van der Waals surface area contributed by atoms with Crippen LogP contribution in [0.3, 0.4) is 0 Å². The largest absolute Gasteiger partial charge is 0.497 e. The lowest BCUT2D eigenvalue weighted by molar-refractivity contribution is 0.0937. The summed E-state index contributed by atoms with van der Waals surface area (Å²) in [5.41, 5.74) is 0.890. The van der Waals surface area contributed by atoms with E-state index in [1.807, 2.05) is 4.57 Å². The van der Waals surface area contributed by atoms with Gasteiger partial charge < -0.3 is 14.6 Å². The fourth-order valence-electron chi connectivity index (χ4n) is 3.03. The maximum Gasteiger partial charge on any atom is 0.253 e. The first-order valence-corrected chi connectivity index (χ1v) is 11.7. The molecule has 0 saturated heterocycles. The minimum Gasteiger partial charge on any atom is -0.497 e. The lowest BCUT2D eigenvalue weighted by atomic mass is 10.1. The van der Waals surface area contributed by atoms with Gasteiger partial charge in [-0.15, -0.1) is 16.8 Å². The molecule has 1 heterocycles. The number of aromatic nitrogens is 3. The number of Topliss-reactive ketones (excluding diaryl/α,β-unsaturated/α-hetero) is 1. The van der Waals surface area contributed by atoms with Crippen molar-refractivity contribution in [3.05, 3.63) is 82.1 Å². The van der Waals surface area contributed by atoms with Crippen molar-refractivity contribution in [1.82, 2.24) is 20.1 Å². The Balaban J connectivity index is 1.71. The van der Waals surface area contributed by atoms with E-state index >= 15 is 0 Å². The summed E-state index contributed by atoms with van der Waals surface area (Å²) in [5.74, 6) is 0.999. The molecule has 1 N–H and O–H groups in total. The van der Waals surface area contributed by atoms with Gasteiger partial charge in [0.2, 0.25) is 0 Å². The molecule has 33 heavy (non-hydrogen) atoms. The van der Waals surface area contributed by atoms with Crippen LogP contribution in [0.2, 0.25) is 10.0 Å². The molecule has 0 aliphatic heterocycles. The molecule has 7 nitrogen and oxygen atoms in total. The summed E-state index contributed by atoms with van der Waals surface area (Å²) >= 11 is 13.3. The van der Waals surface area contributed by atoms with E-state index in [0.717, 1.165) is 0 Å². The zero-order valence-electron chi connectivity index (χ0n) is 18.0. The normalized spacial score (nSPS) is 11.6. The van der Waals surface area contributed by atoms with E-state index in [1.165, 1.54) is 17.8 Å². The van der Waals surface area contributed by atoms with Crippen molar-refractivity contribution in [2.24, 2.45) is 0 Å². The highest BCUT2D eigenvalue weighted by atomic mass is 35.5. The third-order valence-electron chi connectivity index (χ3n) is 4.71. The predicted octanol–water partition coefficient (Wildman–Crippen LogP) is 5.25. The van der Waals surface area contributed by atoms with Crippen molar-refractivity contribution in [2.75, 3.05) is 12.9 Å². The number of hydrogen-bond acceptors (Lipinski definition) is 6. The summed E-state index contributed by atoms with van der Waals surface area (Å²) in [4.78, 5) is 25.2. The Bertz CT molecular complexity index is 1170. The van der Waals surface area contributed by atoms with E-state index < -0.39 is 6.04 Å². The van der Waals surface area contributed by atoms with Gasteiger partial charge in [-0.3, -0.25) is 9.59 Å². The number of allylic oxidation sites excluding steroid dienone is 1. The van der Waals surface area contributed by atoms with Crippen LogP contribution in [0.4, 0.5) is 0 Å². The lowest BCUT2D eigenvalue weighted by Crippen LogP contribution is -2.29. The Morgan fingerprint density at radius 2 is 1.94 bits per heavy atom. The summed E-state index contributed by atoms with van der Waals surface area (Å²) < 4.78 is 6.94. The number of benzene rings is 2. The van der Waals surface area contributed by atoms with Crippen LogP contribution in [0, 0.1) is 0 Å². The van der Waals surface area contributed by atoms with Crippen molar-refractivity contribution < 1.29 is 14.3 Å². The molecular formula is C23H22Cl2N4O3S. The van der Waals surface area contributed by atoms with Crippen molar-refractivity contribution in [2.45, 2.75) is 24.7 Å². The van der Waals surface area contributed by atoms with Gasteiger partial charge in [-0.1, -0.05) is 41.0 Å². The number of carbonyl (C=O) groups excluding carboxylic acids is 2. The van der Waals surface area contributed by atoms with E-state index in [4.69, 9.17) is 27.9 Å². The van der Waals surface area contributed by atoms with E-state index in [9.17, 15) is 9.59 Å². The van der Waals surface area contributed by atoms with Gasteiger partial charge in [0, 0.05) is 17.1 Å². The van der Waals surface area contributed by atoms with Crippen LogP contribution in [0.1, 0.15) is 39.5 Å². The summed E-state index contributed by atoms with van der Waals surface area (Å²) in [6.45, 7) is 6.00. The number of ether oxygens (including phenoxy) is 1. The maximum absolute atomic E-state index is 12.7. The van der Waals surface area contributed by atoms with Crippen LogP contribution in [0.5, 0.6) is 5.75 Å². The van der Waals surface area contributed by atoms with Gasteiger partial charge in [0.05, 0.1) is 29.5 Å². The van der Waals surface area contributed by atoms with Crippen molar-refractivity contribution in [3.63, 3.8) is 0 Å². The third kappa shape index (κ3) is 6.16. The van der Waals surface area contributed by atoms with Gasteiger partial charge in [-0.2, -0.15) is 0 Å². The quantitative estimate of drug-likeness (QED) is 0.230. The summed E-state index contributed by atoms with van der Waals surface area (Å²) in [5, 5.41) is 12.6. The summed E-state index contributed by atoms with van der Waals surface area (Å²) in [6.07, 6.45) is 1.70. The Kier molecular flexibility index (Phi) is 8.55. The van der Waals surface area contributed by atoms with Crippen LogP contribution in [0.15, 0.2) is 60.3 Å². The molecule has 0 unspecified atom stereocenters. The van der Waals surface area contributed by atoms with Gasteiger partial charge in [0.1, 0.15) is 5.75 Å². The van der Waals surface area contributed by atoms with Crippen LogP contribution in [-0.4, -0.2) is 39.3 Å². The van der Waals surface area contributed by atoms with Crippen molar-refractivity contribution in [1.29, 1.82) is 0 Å². The molecule has 3 aromatic rings. The molecule has 0 bridgehead atoms. The van der Waals surface area contributed by atoms with Gasteiger partial charge in [0.25, 0.3) is 5.91 Å². The number of methoxy groups -OCH3 is 1. The molecule has 2 aromatic carbocycles. The maximum atomic E-state index is 12.7. The molecule has 0 spiro atoms. The fourth-order valence-corrected chi connectivity index (χ4v) is 4.37. The minimum absolute atomic E-state index is 0.0453. The smallest absolute Gasteiger partial charge is 0.253 e. The average Bonchev–Trinajstić information content (AvgIpc) is 3.20. The first-order valence-electron chi connectivity index (χ1n) is 9.94. The number of ketones is 1. The number of carbonyl (C=O) groups is 2. The summed E-state index contributed by atoms with van der Waals surface area (Å²) in [7, 11) is 1.57. The number of halogens is 2. The highest BCUT2D eigenvalue weighted by Crippen LogP contribution is 2.24. The van der Waals surface area contributed by atoms with Crippen LogP contribution in [0.25, 0.3) is 0 Å². The van der Waals surface area contributed by atoms with E-state index in [2.05, 4.69) is 22.1 Å². The molecule has 1 aromatic heterocycles. The molecule has 10 heteroatoms. The van der Waals surface area contributed by atoms with Gasteiger partial charge in [-0.05, 0) is 49.4 Å². The molecule has 0 radical (unpaired) electrons. The van der Waals surface area contributed by atoms with E-state index in [1.54, 1.807) is 56.5 Å². The van der Waals surface area contributed by atoms with Gasteiger partial charge >= 0.3 is 0 Å². The number of thioether (sulfide) groups is 1. The highest BCUT2D eigenvalue weighted by molar-refractivity contribution is 7.99. The second kappa shape index (κ2) is 11.4. The first-order chi connectivity index (χ1) is 15.8. The Morgan fingerprint density at radius 3 is 2.58 bits per heavy atom. The Morgan fingerprint density at radius 1 is 1.21 bits per heavy atom. The van der Waals surface area contributed by atoms with E-state index in [0.29, 0.717) is 39.4 Å². The zero-order valence-corrected chi connectivity index (χ0v) is 20.4. The van der Waals surface area contributed by atoms with Crippen LogP contribution in [-0.2, 0) is 6.54 Å². The standard InChI is InChI=1S/C23H22Cl2N4O3S/c1-4-11-29-21(14(2)26-22(31)18-10-7-16(24)12-19(18)25)27-28-23(29)33-13-20(30)15-5-8-17(32-3)9-6-15/h4-10,12,14H,1,11,13H2,2-3H3,(H,26,31)/t14-/m1/s1. The molecule has 1 atom stereocenters. The fraction of sp³-hybridized carbons (Fsp3) is 0.217. The zero-order chi connectivity index (χ0) is 24.0. The minimum atomic E-state index is -0.469. The molecule has 172 valence electrons. The predicted molar refractivity (Wildman–Crippen MR) is 131 cm³/mol. The molecule has 1 amide bonds. The molecule has 0 aliphatic carbocycles. The molecular weight excluding hydrogens is 483 g/mol. The molecule has 0 fully saturated rings. The first kappa shape index (κ1) is 24.8. The van der Waals surface area contributed by atoms with E-state index in [-0.39, 0.29) is 22.5 Å². The SMILES string of the molecule is C=CCn1c(SCC(=O)c2ccc(OC)cc2)nnc1[C@@H](C)NC(=O)c1ccc(Cl)cc1Cl. The Hall–Kier alpha value is -2.81. The second-order valence-corrected chi connectivity index (χ2v) is 8.79. The number of hydrogen-bond donors (Lipinski definition) is 1. The lowest BCUT2D eigenvalue weighted by Gasteiger charge is -2.16. The topological polar surface area (TPSA) is 86.1 Å². The second-order valence-electron chi connectivity index (χ2n) is 7.00. The average molecular weight is 505 g/mol. The molecule has 3 rings (SSSR count). The molecule has 0 saturated carbocycles. The monoisotopic (exact) mass is 504 g/mol. The number of amides is 1. The summed E-state index contributed by atoms with van der Waals surface area (Å²) in [6, 6.07) is 11.1. The van der Waals surface area contributed by atoms with Crippen molar-refractivity contribution in [3.8, 4) is 5.75 Å².